The lowest BCUT2D eigenvalue weighted by Gasteiger charge is -2.08. The molecule has 1 unspecified atom stereocenters. The summed E-state index contributed by atoms with van der Waals surface area (Å²) >= 11 is 5.54. The standard InChI is InChI=1S/C9H8ClFN2/c1-6(5-12)13-8-4-2-3-7(10)9(8)11/h2-4,6,13H,1H3. The average Bonchev–Trinajstić information content (AvgIpc) is 2.13. The summed E-state index contributed by atoms with van der Waals surface area (Å²) in [6.45, 7) is 1.64. The molecule has 1 atom stereocenters. The molecule has 0 saturated carbocycles. The highest BCUT2D eigenvalue weighted by Gasteiger charge is 2.07. The van der Waals surface area contributed by atoms with Gasteiger partial charge in [0.05, 0.1) is 16.8 Å². The molecule has 0 amide bonds. The van der Waals surface area contributed by atoms with E-state index in [0.29, 0.717) is 0 Å². The first-order valence-electron chi connectivity index (χ1n) is 3.75. The van der Waals surface area contributed by atoms with Crippen LogP contribution in [0.4, 0.5) is 10.1 Å². The minimum absolute atomic E-state index is 0.0511. The molecule has 0 fully saturated rings. The van der Waals surface area contributed by atoms with E-state index >= 15 is 0 Å². The Bertz CT molecular complexity index is 346. The number of nitrogens with zero attached hydrogens (tertiary/aromatic N) is 1. The van der Waals surface area contributed by atoms with E-state index in [1.807, 2.05) is 6.07 Å². The SMILES string of the molecule is CC(C#N)Nc1cccc(Cl)c1F. The fraction of sp³-hybridized carbons (Fsp3) is 0.222. The highest BCUT2D eigenvalue weighted by Crippen LogP contribution is 2.22. The van der Waals surface area contributed by atoms with E-state index in [4.69, 9.17) is 16.9 Å². The lowest BCUT2D eigenvalue weighted by Crippen LogP contribution is -2.13. The normalized spacial score (nSPS) is 11.8. The molecule has 0 radical (unpaired) electrons. The highest BCUT2D eigenvalue weighted by atomic mass is 35.5. The zero-order chi connectivity index (χ0) is 9.84. The van der Waals surface area contributed by atoms with Crippen molar-refractivity contribution < 1.29 is 4.39 Å². The number of hydrogen-bond donors (Lipinski definition) is 1. The van der Waals surface area contributed by atoms with E-state index in [-0.39, 0.29) is 10.7 Å². The molecular formula is C9H8ClFN2. The van der Waals surface area contributed by atoms with Crippen molar-refractivity contribution in [2.75, 3.05) is 5.32 Å². The monoisotopic (exact) mass is 198 g/mol. The third kappa shape index (κ3) is 2.33. The second-order valence-corrected chi connectivity index (χ2v) is 3.00. The first-order chi connectivity index (χ1) is 6.15. The van der Waals surface area contributed by atoms with Gasteiger partial charge in [0, 0.05) is 0 Å². The number of benzene rings is 1. The van der Waals surface area contributed by atoms with Crippen LogP contribution in [0, 0.1) is 17.1 Å². The van der Waals surface area contributed by atoms with Gasteiger partial charge in [0.2, 0.25) is 0 Å². The van der Waals surface area contributed by atoms with Gasteiger partial charge < -0.3 is 5.32 Å². The van der Waals surface area contributed by atoms with Gasteiger partial charge in [-0.05, 0) is 19.1 Å². The molecule has 0 bridgehead atoms. The Hall–Kier alpha value is -1.27. The Labute approximate surface area is 80.9 Å². The first-order valence-corrected chi connectivity index (χ1v) is 4.13. The highest BCUT2D eigenvalue weighted by molar-refractivity contribution is 6.31. The van der Waals surface area contributed by atoms with Crippen molar-refractivity contribution in [1.82, 2.24) is 0 Å². The van der Waals surface area contributed by atoms with Crippen molar-refractivity contribution >= 4 is 17.3 Å². The van der Waals surface area contributed by atoms with E-state index in [1.54, 1.807) is 13.0 Å². The largest absolute Gasteiger partial charge is 0.368 e. The maximum Gasteiger partial charge on any atom is 0.164 e. The van der Waals surface area contributed by atoms with Crippen LogP contribution in [-0.2, 0) is 0 Å². The number of nitriles is 1. The van der Waals surface area contributed by atoms with Gasteiger partial charge >= 0.3 is 0 Å². The lowest BCUT2D eigenvalue weighted by molar-refractivity contribution is 0.629. The summed E-state index contributed by atoms with van der Waals surface area (Å²) in [7, 11) is 0. The quantitative estimate of drug-likeness (QED) is 0.793. The second-order valence-electron chi connectivity index (χ2n) is 2.60. The first kappa shape index (κ1) is 9.82. The molecule has 1 aromatic carbocycles. The van der Waals surface area contributed by atoms with Crippen LogP contribution in [0.15, 0.2) is 18.2 Å². The molecule has 1 N–H and O–H groups in total. The fourth-order valence-electron chi connectivity index (χ4n) is 0.881. The Kier molecular flexibility index (Phi) is 3.10. The van der Waals surface area contributed by atoms with Gasteiger partial charge in [-0.3, -0.25) is 0 Å². The van der Waals surface area contributed by atoms with Crippen molar-refractivity contribution in [3.05, 3.63) is 29.0 Å². The maximum atomic E-state index is 13.2. The van der Waals surface area contributed by atoms with Crippen LogP contribution in [0.2, 0.25) is 5.02 Å². The predicted molar refractivity (Wildman–Crippen MR) is 50.1 cm³/mol. The number of rotatable bonds is 2. The van der Waals surface area contributed by atoms with Gasteiger partial charge in [0.15, 0.2) is 5.82 Å². The molecule has 13 heavy (non-hydrogen) atoms. The van der Waals surface area contributed by atoms with E-state index in [1.165, 1.54) is 12.1 Å². The van der Waals surface area contributed by atoms with Crippen LogP contribution in [0.3, 0.4) is 0 Å². The molecule has 68 valence electrons. The van der Waals surface area contributed by atoms with Crippen LogP contribution >= 0.6 is 11.6 Å². The van der Waals surface area contributed by atoms with Gasteiger partial charge in [-0.2, -0.15) is 5.26 Å². The number of nitrogens with one attached hydrogen (secondary N) is 1. The number of hydrogen-bond acceptors (Lipinski definition) is 2. The van der Waals surface area contributed by atoms with Crippen molar-refractivity contribution in [1.29, 1.82) is 5.26 Å². The summed E-state index contributed by atoms with van der Waals surface area (Å²) in [4.78, 5) is 0. The summed E-state index contributed by atoms with van der Waals surface area (Å²) in [5.74, 6) is -0.522. The molecule has 1 rings (SSSR count). The van der Waals surface area contributed by atoms with Gasteiger partial charge in [0.25, 0.3) is 0 Å². The maximum absolute atomic E-state index is 13.2. The predicted octanol–water partition coefficient (Wildman–Crippen LogP) is 2.80. The van der Waals surface area contributed by atoms with Crippen LogP contribution < -0.4 is 5.32 Å². The molecule has 0 spiro atoms. The Balaban J connectivity index is 2.90. The van der Waals surface area contributed by atoms with Crippen LogP contribution in [0.25, 0.3) is 0 Å². The van der Waals surface area contributed by atoms with E-state index in [2.05, 4.69) is 5.32 Å². The third-order valence-electron chi connectivity index (χ3n) is 1.52. The van der Waals surface area contributed by atoms with Crippen LogP contribution in [0.5, 0.6) is 0 Å². The molecular weight excluding hydrogens is 191 g/mol. The zero-order valence-electron chi connectivity index (χ0n) is 7.01. The van der Waals surface area contributed by atoms with Crippen LogP contribution in [0.1, 0.15) is 6.92 Å². The van der Waals surface area contributed by atoms with E-state index in [0.717, 1.165) is 0 Å². The molecule has 2 nitrogen and oxygen atoms in total. The molecule has 0 saturated heterocycles. The number of halogens is 2. The summed E-state index contributed by atoms with van der Waals surface area (Å²) < 4.78 is 13.2. The van der Waals surface area contributed by atoms with Crippen molar-refractivity contribution in [3.63, 3.8) is 0 Å². The minimum Gasteiger partial charge on any atom is -0.368 e. The molecule has 4 heteroatoms. The van der Waals surface area contributed by atoms with Crippen LogP contribution in [-0.4, -0.2) is 6.04 Å². The molecule has 0 aliphatic heterocycles. The Morgan fingerprint density at radius 1 is 1.62 bits per heavy atom. The Morgan fingerprint density at radius 2 is 2.31 bits per heavy atom. The van der Waals surface area contributed by atoms with Gasteiger partial charge in [-0.25, -0.2) is 4.39 Å². The van der Waals surface area contributed by atoms with E-state index in [9.17, 15) is 4.39 Å². The van der Waals surface area contributed by atoms with Gasteiger partial charge in [0.1, 0.15) is 6.04 Å². The number of anilines is 1. The smallest absolute Gasteiger partial charge is 0.164 e. The minimum atomic E-state index is -0.522. The molecule has 0 aliphatic rings. The van der Waals surface area contributed by atoms with Crippen molar-refractivity contribution in [2.45, 2.75) is 13.0 Å². The molecule has 1 aromatic rings. The molecule has 0 aliphatic carbocycles. The van der Waals surface area contributed by atoms with Crippen molar-refractivity contribution in [2.24, 2.45) is 0 Å². The Morgan fingerprint density at radius 3 is 2.92 bits per heavy atom. The zero-order valence-corrected chi connectivity index (χ0v) is 7.77. The fourth-order valence-corrected chi connectivity index (χ4v) is 1.06. The summed E-state index contributed by atoms with van der Waals surface area (Å²) in [5.41, 5.74) is 0.251. The summed E-state index contributed by atoms with van der Waals surface area (Å²) in [6.07, 6.45) is 0. The lowest BCUT2D eigenvalue weighted by atomic mass is 10.2. The summed E-state index contributed by atoms with van der Waals surface area (Å²) in [6, 6.07) is 6.12. The third-order valence-corrected chi connectivity index (χ3v) is 1.81. The average molecular weight is 199 g/mol. The topological polar surface area (TPSA) is 35.8 Å². The van der Waals surface area contributed by atoms with Gasteiger partial charge in [-0.15, -0.1) is 0 Å². The van der Waals surface area contributed by atoms with Crippen molar-refractivity contribution in [3.8, 4) is 6.07 Å². The molecule has 0 aromatic heterocycles. The summed E-state index contributed by atoms with van der Waals surface area (Å²) in [5, 5.41) is 11.2. The second kappa shape index (κ2) is 4.11. The van der Waals surface area contributed by atoms with E-state index < -0.39 is 11.9 Å². The molecule has 0 heterocycles. The van der Waals surface area contributed by atoms with Gasteiger partial charge in [-0.1, -0.05) is 17.7 Å².